The summed E-state index contributed by atoms with van der Waals surface area (Å²) in [4.78, 5) is 18.3. The Balaban J connectivity index is 1.85. The number of hydrogen-bond donors (Lipinski definition) is 2. The number of carbonyl (C=O) groups is 1. The smallest absolute Gasteiger partial charge is 0.227 e. The van der Waals surface area contributed by atoms with Crippen LogP contribution >= 0.6 is 0 Å². The minimum atomic E-state index is -3.15. The Labute approximate surface area is 174 Å². The van der Waals surface area contributed by atoms with Gasteiger partial charge >= 0.3 is 0 Å². The van der Waals surface area contributed by atoms with Crippen molar-refractivity contribution < 1.29 is 13.2 Å². The van der Waals surface area contributed by atoms with E-state index in [1.54, 1.807) is 0 Å². The van der Waals surface area contributed by atoms with Gasteiger partial charge in [0.2, 0.25) is 15.9 Å². The third-order valence-electron chi connectivity index (χ3n) is 4.78. The Kier molecular flexibility index (Phi) is 8.91. The fourth-order valence-electron chi connectivity index (χ4n) is 3.24. The Morgan fingerprint density at radius 2 is 1.93 bits per heavy atom. The van der Waals surface area contributed by atoms with Crippen molar-refractivity contribution in [3.05, 3.63) is 29.8 Å². The molecule has 0 aliphatic carbocycles. The number of nitrogens with zero attached hydrogens (tertiary/aromatic N) is 3. The first-order chi connectivity index (χ1) is 13.8. The van der Waals surface area contributed by atoms with Crippen LogP contribution in [0.25, 0.3) is 0 Å². The summed E-state index contributed by atoms with van der Waals surface area (Å²) in [5, 5.41) is 6.45. The monoisotopic (exact) mass is 423 g/mol. The van der Waals surface area contributed by atoms with Gasteiger partial charge in [0.25, 0.3) is 0 Å². The molecule has 2 rings (SSSR count). The number of guanidine groups is 1. The van der Waals surface area contributed by atoms with Crippen LogP contribution in [0.1, 0.15) is 38.7 Å². The first-order valence-electron chi connectivity index (χ1n) is 10.2. The average Bonchev–Trinajstić information content (AvgIpc) is 3.11. The Hall–Kier alpha value is -2.13. The van der Waals surface area contributed by atoms with E-state index < -0.39 is 10.0 Å². The van der Waals surface area contributed by atoms with Gasteiger partial charge in [0, 0.05) is 44.8 Å². The predicted molar refractivity (Wildman–Crippen MR) is 118 cm³/mol. The molecule has 1 amide bonds. The zero-order chi connectivity index (χ0) is 21.3. The second-order valence-electron chi connectivity index (χ2n) is 7.05. The van der Waals surface area contributed by atoms with Gasteiger partial charge in [0.1, 0.15) is 0 Å². The van der Waals surface area contributed by atoms with Gasteiger partial charge in [0.15, 0.2) is 5.96 Å². The van der Waals surface area contributed by atoms with Crippen LogP contribution in [0.3, 0.4) is 0 Å². The highest BCUT2D eigenvalue weighted by Gasteiger charge is 2.21. The van der Waals surface area contributed by atoms with E-state index in [9.17, 15) is 13.2 Å². The second kappa shape index (κ2) is 11.2. The molecule has 1 aliphatic heterocycles. The van der Waals surface area contributed by atoms with Crippen LogP contribution in [0.15, 0.2) is 29.3 Å². The third kappa shape index (κ3) is 7.32. The molecule has 0 bridgehead atoms. The highest BCUT2D eigenvalue weighted by molar-refractivity contribution is 7.88. The Morgan fingerprint density at radius 3 is 2.48 bits per heavy atom. The van der Waals surface area contributed by atoms with Crippen LogP contribution in [0.4, 0.5) is 5.69 Å². The van der Waals surface area contributed by atoms with E-state index >= 15 is 0 Å². The lowest BCUT2D eigenvalue weighted by Gasteiger charge is -2.18. The second-order valence-corrected chi connectivity index (χ2v) is 9.03. The first kappa shape index (κ1) is 23.2. The van der Waals surface area contributed by atoms with Gasteiger partial charge < -0.3 is 15.5 Å². The highest BCUT2D eigenvalue weighted by Crippen LogP contribution is 2.21. The van der Waals surface area contributed by atoms with E-state index in [-0.39, 0.29) is 5.91 Å². The Bertz CT molecular complexity index is 793. The summed E-state index contributed by atoms with van der Waals surface area (Å²) < 4.78 is 24.7. The summed E-state index contributed by atoms with van der Waals surface area (Å²) in [6.07, 6.45) is 3.48. The molecule has 162 valence electrons. The molecule has 29 heavy (non-hydrogen) atoms. The summed E-state index contributed by atoms with van der Waals surface area (Å²) in [7, 11) is -3.15. The molecule has 0 unspecified atom stereocenters. The standard InChI is InChI=1S/C20H33N5O3S/c1-4-21-20(22-13-7-14-24(5-2)29(3,27)28)23-16-17-9-11-18(12-10-17)25-15-6-8-19(25)26/h9-12H,4-8,13-16H2,1-3H3,(H2,21,22,23). The number of anilines is 1. The van der Waals surface area contributed by atoms with Crippen molar-refractivity contribution in [2.45, 2.75) is 39.7 Å². The largest absolute Gasteiger partial charge is 0.357 e. The van der Waals surface area contributed by atoms with Crippen LogP contribution in [-0.4, -0.2) is 63.6 Å². The summed E-state index contributed by atoms with van der Waals surface area (Å²) in [6.45, 7) is 7.49. The molecule has 0 atom stereocenters. The molecule has 1 saturated heterocycles. The molecule has 9 heteroatoms. The van der Waals surface area contributed by atoms with E-state index in [4.69, 9.17) is 0 Å². The van der Waals surface area contributed by atoms with E-state index in [1.165, 1.54) is 10.6 Å². The maximum atomic E-state index is 11.8. The number of carbonyl (C=O) groups excluding carboxylic acids is 1. The summed E-state index contributed by atoms with van der Waals surface area (Å²) in [5.74, 6) is 0.889. The molecular formula is C20H33N5O3S. The molecule has 0 saturated carbocycles. The molecule has 8 nitrogen and oxygen atoms in total. The maximum absolute atomic E-state index is 11.8. The van der Waals surface area contributed by atoms with Gasteiger partial charge in [-0.05, 0) is 37.5 Å². The van der Waals surface area contributed by atoms with Gasteiger partial charge in [-0.25, -0.2) is 17.7 Å². The minimum Gasteiger partial charge on any atom is -0.357 e. The molecule has 1 aliphatic rings. The minimum absolute atomic E-state index is 0.187. The zero-order valence-electron chi connectivity index (χ0n) is 17.6. The number of sulfonamides is 1. The van der Waals surface area contributed by atoms with Crippen LogP contribution in [0, 0.1) is 0 Å². The van der Waals surface area contributed by atoms with Crippen LogP contribution in [-0.2, 0) is 21.4 Å². The number of nitrogens with one attached hydrogen (secondary N) is 2. The topological polar surface area (TPSA) is 94.1 Å². The number of rotatable bonds is 10. The van der Waals surface area contributed by atoms with Crippen LogP contribution < -0.4 is 15.5 Å². The van der Waals surface area contributed by atoms with Crippen molar-refractivity contribution in [3.8, 4) is 0 Å². The van der Waals surface area contributed by atoms with Crippen molar-refractivity contribution in [2.75, 3.05) is 43.9 Å². The van der Waals surface area contributed by atoms with E-state index in [0.717, 1.165) is 30.8 Å². The van der Waals surface area contributed by atoms with Gasteiger partial charge in [0.05, 0.1) is 12.8 Å². The quantitative estimate of drug-likeness (QED) is 0.338. The van der Waals surface area contributed by atoms with Crippen molar-refractivity contribution in [1.82, 2.24) is 14.9 Å². The predicted octanol–water partition coefficient (Wildman–Crippen LogP) is 1.54. The molecular weight excluding hydrogens is 390 g/mol. The lowest BCUT2D eigenvalue weighted by atomic mass is 10.2. The average molecular weight is 424 g/mol. The van der Waals surface area contributed by atoms with Gasteiger partial charge in [-0.1, -0.05) is 19.1 Å². The zero-order valence-corrected chi connectivity index (χ0v) is 18.5. The highest BCUT2D eigenvalue weighted by atomic mass is 32.2. The van der Waals surface area contributed by atoms with Gasteiger partial charge in [-0.2, -0.15) is 0 Å². The molecule has 1 heterocycles. The summed E-state index contributed by atoms with van der Waals surface area (Å²) >= 11 is 0. The van der Waals surface area contributed by atoms with Crippen molar-refractivity contribution >= 4 is 27.6 Å². The van der Waals surface area contributed by atoms with Crippen LogP contribution in [0.5, 0.6) is 0 Å². The van der Waals surface area contributed by atoms with E-state index in [2.05, 4.69) is 15.6 Å². The van der Waals surface area contributed by atoms with E-state index in [1.807, 2.05) is 43.0 Å². The summed E-state index contributed by atoms with van der Waals surface area (Å²) in [5.41, 5.74) is 2.00. The molecule has 0 radical (unpaired) electrons. The van der Waals surface area contributed by atoms with Crippen molar-refractivity contribution in [2.24, 2.45) is 4.99 Å². The fourth-order valence-corrected chi connectivity index (χ4v) is 4.16. The molecule has 1 fully saturated rings. The fraction of sp³-hybridized carbons (Fsp3) is 0.600. The van der Waals surface area contributed by atoms with Gasteiger partial charge in [-0.3, -0.25) is 4.79 Å². The molecule has 1 aromatic carbocycles. The number of hydrogen-bond acceptors (Lipinski definition) is 4. The lowest BCUT2D eigenvalue weighted by molar-refractivity contribution is -0.117. The summed E-state index contributed by atoms with van der Waals surface area (Å²) in [6, 6.07) is 7.94. The van der Waals surface area contributed by atoms with E-state index in [0.29, 0.717) is 45.0 Å². The van der Waals surface area contributed by atoms with Gasteiger partial charge in [-0.15, -0.1) is 0 Å². The Morgan fingerprint density at radius 1 is 1.21 bits per heavy atom. The number of benzene rings is 1. The normalized spacial score (nSPS) is 15.2. The molecule has 0 spiro atoms. The number of aliphatic imine (C=N–C) groups is 1. The van der Waals surface area contributed by atoms with Crippen LogP contribution in [0.2, 0.25) is 0 Å². The lowest BCUT2D eigenvalue weighted by Crippen LogP contribution is -2.39. The molecule has 2 N–H and O–H groups in total. The maximum Gasteiger partial charge on any atom is 0.227 e. The first-order valence-corrected chi connectivity index (χ1v) is 12.1. The SMILES string of the molecule is CCNC(=NCc1ccc(N2CCCC2=O)cc1)NCCCN(CC)S(C)(=O)=O. The molecule has 1 aromatic rings. The molecule has 0 aromatic heterocycles. The third-order valence-corrected chi connectivity index (χ3v) is 6.16. The van der Waals surface area contributed by atoms with Crippen molar-refractivity contribution in [1.29, 1.82) is 0 Å². The number of amides is 1. The van der Waals surface area contributed by atoms with Crippen molar-refractivity contribution in [3.63, 3.8) is 0 Å².